The quantitative estimate of drug-likeness (QED) is 0.352. The highest BCUT2D eigenvalue weighted by Gasteiger charge is 2.42. The molecule has 0 aliphatic carbocycles. The van der Waals surface area contributed by atoms with Crippen molar-refractivity contribution in [3.05, 3.63) is 107 Å². The molecule has 1 aliphatic heterocycles. The number of benzene rings is 2. The standard InChI is InChI=1S/C29H31N5S/c1-19-9-8-10-24(17-19)33-20(2)18-25(21(33)3)28-27(26-11-6-7-16-30-26)31-29(35)34(28)23-14-12-22(13-15-23)32(4)5/h6-18,27-28H,1-5H3,(H,31,35)/t27-,28+/m0/s1. The molecule has 2 aromatic carbocycles. The average Bonchev–Trinajstić information content (AvgIpc) is 3.34. The van der Waals surface area contributed by atoms with Crippen molar-refractivity contribution in [1.29, 1.82) is 0 Å². The Hall–Kier alpha value is -3.64. The van der Waals surface area contributed by atoms with E-state index in [-0.39, 0.29) is 12.1 Å². The van der Waals surface area contributed by atoms with Crippen LogP contribution in [0, 0.1) is 20.8 Å². The van der Waals surface area contributed by atoms with Gasteiger partial charge in [0.2, 0.25) is 0 Å². The van der Waals surface area contributed by atoms with Crippen molar-refractivity contribution in [1.82, 2.24) is 14.9 Å². The van der Waals surface area contributed by atoms with Gasteiger partial charge < -0.3 is 19.7 Å². The summed E-state index contributed by atoms with van der Waals surface area (Å²) >= 11 is 5.92. The second-order valence-electron chi connectivity index (χ2n) is 9.41. The highest BCUT2D eigenvalue weighted by atomic mass is 32.1. The van der Waals surface area contributed by atoms with Crippen LogP contribution in [-0.4, -0.2) is 28.8 Å². The third-order valence-electron chi connectivity index (χ3n) is 6.79. The highest BCUT2D eigenvalue weighted by molar-refractivity contribution is 7.80. The monoisotopic (exact) mass is 481 g/mol. The van der Waals surface area contributed by atoms with Crippen molar-refractivity contribution < 1.29 is 0 Å². The molecule has 2 atom stereocenters. The molecule has 178 valence electrons. The lowest BCUT2D eigenvalue weighted by Crippen LogP contribution is -2.29. The van der Waals surface area contributed by atoms with Gasteiger partial charge in [0.1, 0.15) is 0 Å². The van der Waals surface area contributed by atoms with E-state index in [1.165, 1.54) is 28.2 Å². The summed E-state index contributed by atoms with van der Waals surface area (Å²) in [4.78, 5) is 9.05. The number of hydrogen-bond donors (Lipinski definition) is 1. The van der Waals surface area contributed by atoms with Gasteiger partial charge in [0, 0.05) is 48.7 Å². The second kappa shape index (κ2) is 9.19. The number of hydrogen-bond acceptors (Lipinski definition) is 3. The van der Waals surface area contributed by atoms with Crippen LogP contribution in [0.25, 0.3) is 5.69 Å². The fourth-order valence-electron chi connectivity index (χ4n) is 5.11. The summed E-state index contributed by atoms with van der Waals surface area (Å²) in [6.07, 6.45) is 1.85. The molecule has 1 saturated heterocycles. The molecule has 6 heteroatoms. The molecule has 0 spiro atoms. The zero-order valence-electron chi connectivity index (χ0n) is 20.9. The summed E-state index contributed by atoms with van der Waals surface area (Å²) in [6, 6.07) is 25.5. The van der Waals surface area contributed by atoms with E-state index in [1.807, 2.05) is 18.3 Å². The maximum absolute atomic E-state index is 5.92. The van der Waals surface area contributed by atoms with Crippen LogP contribution in [0.5, 0.6) is 0 Å². The molecule has 35 heavy (non-hydrogen) atoms. The van der Waals surface area contributed by atoms with Gasteiger partial charge in [0.15, 0.2) is 5.11 Å². The highest BCUT2D eigenvalue weighted by Crippen LogP contribution is 2.44. The summed E-state index contributed by atoms with van der Waals surface area (Å²) < 4.78 is 2.34. The number of nitrogens with zero attached hydrogens (tertiary/aromatic N) is 4. The zero-order chi connectivity index (χ0) is 24.7. The molecule has 1 fully saturated rings. The molecule has 0 bridgehead atoms. The fourth-order valence-corrected chi connectivity index (χ4v) is 5.46. The van der Waals surface area contributed by atoms with Crippen molar-refractivity contribution in [3.8, 4) is 5.69 Å². The SMILES string of the molecule is Cc1cccc(-n2c(C)cc([C@@H]3[C@H](c4ccccn4)NC(=S)N3c3ccc(N(C)C)cc3)c2C)c1. The van der Waals surface area contributed by atoms with E-state index in [9.17, 15) is 0 Å². The van der Waals surface area contributed by atoms with E-state index in [4.69, 9.17) is 17.2 Å². The van der Waals surface area contributed by atoms with Crippen molar-refractivity contribution in [2.75, 3.05) is 23.9 Å². The molecule has 0 unspecified atom stereocenters. The average molecular weight is 482 g/mol. The molecule has 5 rings (SSSR count). The van der Waals surface area contributed by atoms with E-state index in [0.717, 1.165) is 17.1 Å². The van der Waals surface area contributed by atoms with Gasteiger partial charge in [0.05, 0.1) is 17.8 Å². The molecule has 1 N–H and O–H groups in total. The van der Waals surface area contributed by atoms with Gasteiger partial charge >= 0.3 is 0 Å². The van der Waals surface area contributed by atoms with Gasteiger partial charge in [-0.3, -0.25) is 4.98 Å². The second-order valence-corrected chi connectivity index (χ2v) is 9.80. The molecule has 0 amide bonds. The first-order chi connectivity index (χ1) is 16.8. The van der Waals surface area contributed by atoms with Crippen LogP contribution >= 0.6 is 12.2 Å². The molecule has 1 aliphatic rings. The normalized spacial score (nSPS) is 17.5. The smallest absolute Gasteiger partial charge is 0.174 e. The number of aromatic nitrogens is 2. The van der Waals surface area contributed by atoms with Gasteiger partial charge in [-0.05, 0) is 98.7 Å². The topological polar surface area (TPSA) is 36.3 Å². The Labute approximate surface area is 213 Å². The van der Waals surface area contributed by atoms with Gasteiger partial charge in [-0.2, -0.15) is 0 Å². The minimum Gasteiger partial charge on any atom is -0.378 e. The first kappa shape index (κ1) is 23.1. The van der Waals surface area contributed by atoms with Gasteiger partial charge in [0.25, 0.3) is 0 Å². The van der Waals surface area contributed by atoms with E-state index in [1.54, 1.807) is 0 Å². The number of rotatable bonds is 5. The van der Waals surface area contributed by atoms with Crippen LogP contribution in [0.15, 0.2) is 79.0 Å². The predicted molar refractivity (Wildman–Crippen MR) is 149 cm³/mol. The largest absolute Gasteiger partial charge is 0.378 e. The van der Waals surface area contributed by atoms with Crippen molar-refractivity contribution in [2.24, 2.45) is 0 Å². The van der Waals surface area contributed by atoms with E-state index in [2.05, 4.69) is 115 Å². The van der Waals surface area contributed by atoms with Crippen LogP contribution < -0.4 is 15.1 Å². The van der Waals surface area contributed by atoms with Gasteiger partial charge in [-0.25, -0.2) is 0 Å². The molecule has 5 nitrogen and oxygen atoms in total. The summed E-state index contributed by atoms with van der Waals surface area (Å²) in [5, 5.41) is 4.30. The summed E-state index contributed by atoms with van der Waals surface area (Å²) in [5.74, 6) is 0. The summed E-state index contributed by atoms with van der Waals surface area (Å²) in [5.41, 5.74) is 9.27. The summed E-state index contributed by atoms with van der Waals surface area (Å²) in [7, 11) is 4.11. The molecular formula is C29H31N5S. The van der Waals surface area contributed by atoms with Crippen molar-refractivity contribution in [2.45, 2.75) is 32.9 Å². The summed E-state index contributed by atoms with van der Waals surface area (Å²) in [6.45, 7) is 6.51. The lowest BCUT2D eigenvalue weighted by Gasteiger charge is -2.28. The zero-order valence-corrected chi connectivity index (χ0v) is 21.7. The molecule has 3 heterocycles. The Kier molecular flexibility index (Phi) is 6.07. The first-order valence-corrected chi connectivity index (χ1v) is 12.3. The molecule has 0 saturated carbocycles. The molecular weight excluding hydrogens is 450 g/mol. The Bertz CT molecular complexity index is 1360. The predicted octanol–water partition coefficient (Wildman–Crippen LogP) is 6.04. The van der Waals surface area contributed by atoms with Crippen LogP contribution in [-0.2, 0) is 0 Å². The van der Waals surface area contributed by atoms with Crippen LogP contribution in [0.1, 0.15) is 40.3 Å². The Morgan fingerprint density at radius 2 is 1.66 bits per heavy atom. The Balaban J connectivity index is 1.66. The van der Waals surface area contributed by atoms with Crippen LogP contribution in [0.2, 0.25) is 0 Å². The van der Waals surface area contributed by atoms with Gasteiger partial charge in [-0.1, -0.05) is 18.2 Å². The van der Waals surface area contributed by atoms with E-state index >= 15 is 0 Å². The molecule has 0 radical (unpaired) electrons. The van der Waals surface area contributed by atoms with Crippen LogP contribution in [0.4, 0.5) is 11.4 Å². The number of pyridine rings is 1. The van der Waals surface area contributed by atoms with Gasteiger partial charge in [-0.15, -0.1) is 0 Å². The van der Waals surface area contributed by atoms with E-state index < -0.39 is 0 Å². The fraction of sp³-hybridized carbons (Fsp3) is 0.241. The Morgan fingerprint density at radius 1 is 0.886 bits per heavy atom. The minimum atomic E-state index is -0.0660. The number of anilines is 2. The lowest BCUT2D eigenvalue weighted by atomic mass is 9.96. The van der Waals surface area contributed by atoms with Crippen LogP contribution in [0.3, 0.4) is 0 Å². The lowest BCUT2D eigenvalue weighted by molar-refractivity contribution is 0.565. The third-order valence-corrected chi connectivity index (χ3v) is 7.11. The molecule has 2 aromatic heterocycles. The minimum absolute atomic E-state index is 0.0348. The first-order valence-electron chi connectivity index (χ1n) is 11.9. The number of aryl methyl sites for hydroxylation is 2. The third kappa shape index (κ3) is 4.19. The van der Waals surface area contributed by atoms with Crippen molar-refractivity contribution in [3.63, 3.8) is 0 Å². The maximum atomic E-state index is 5.92. The van der Waals surface area contributed by atoms with E-state index in [0.29, 0.717) is 5.11 Å². The molecule has 4 aromatic rings. The van der Waals surface area contributed by atoms with Crippen molar-refractivity contribution >= 4 is 28.7 Å². The number of thiocarbonyl (C=S) groups is 1. The maximum Gasteiger partial charge on any atom is 0.174 e. The number of nitrogens with one attached hydrogen (secondary N) is 1. The Morgan fingerprint density at radius 3 is 2.31 bits per heavy atom.